The lowest BCUT2D eigenvalue weighted by molar-refractivity contribution is 0.0569. The Morgan fingerprint density at radius 2 is 2.12 bits per heavy atom. The summed E-state index contributed by atoms with van der Waals surface area (Å²) in [6.45, 7) is 0. The first-order valence-electron chi connectivity index (χ1n) is 4.61. The highest BCUT2D eigenvalue weighted by Gasteiger charge is 2.19. The van der Waals surface area contributed by atoms with Crippen LogP contribution in [-0.2, 0) is 4.74 Å². The van der Waals surface area contributed by atoms with E-state index in [9.17, 15) is 4.79 Å². The Morgan fingerprint density at radius 1 is 1.38 bits per heavy atom. The zero-order chi connectivity index (χ0) is 11.7. The van der Waals surface area contributed by atoms with Gasteiger partial charge in [0.25, 0.3) is 0 Å². The van der Waals surface area contributed by atoms with Crippen molar-refractivity contribution in [1.82, 2.24) is 0 Å². The summed E-state index contributed by atoms with van der Waals surface area (Å²) in [5.74, 6) is 0.0658. The molecule has 0 fully saturated rings. The van der Waals surface area contributed by atoms with Gasteiger partial charge in [-0.15, -0.1) is 0 Å². The fourth-order valence-corrected chi connectivity index (χ4v) is 1.47. The number of methoxy groups -OCH3 is 2. The van der Waals surface area contributed by atoms with Crippen LogP contribution in [-0.4, -0.2) is 20.2 Å². The molecule has 5 nitrogen and oxygen atoms in total. The third-order valence-corrected chi connectivity index (χ3v) is 2.31. The first kappa shape index (κ1) is 10.4. The number of hydrogen-bond acceptors (Lipinski definition) is 5. The van der Waals surface area contributed by atoms with Crippen molar-refractivity contribution in [3.63, 3.8) is 0 Å². The zero-order valence-corrected chi connectivity index (χ0v) is 8.94. The number of carbonyl (C=O) groups excluding carboxylic acids is 1. The average molecular weight is 221 g/mol. The maximum Gasteiger partial charge on any atom is 0.376 e. The SMILES string of the molecule is COC(=O)c1oc2cc(OC)ccc2c1N. The number of ether oxygens (including phenoxy) is 2. The first-order valence-corrected chi connectivity index (χ1v) is 4.61. The van der Waals surface area contributed by atoms with Crippen LogP contribution in [0.5, 0.6) is 5.75 Å². The topological polar surface area (TPSA) is 74.7 Å². The monoisotopic (exact) mass is 221 g/mol. The molecule has 0 unspecified atom stereocenters. The summed E-state index contributed by atoms with van der Waals surface area (Å²) in [6, 6.07) is 5.15. The molecular formula is C11H11NO4. The third-order valence-electron chi connectivity index (χ3n) is 2.31. The molecule has 0 bridgehead atoms. The fourth-order valence-electron chi connectivity index (χ4n) is 1.47. The largest absolute Gasteiger partial charge is 0.497 e. The molecule has 2 N–H and O–H groups in total. The normalized spacial score (nSPS) is 10.4. The van der Waals surface area contributed by atoms with Crippen molar-refractivity contribution in [2.45, 2.75) is 0 Å². The Balaban J connectivity index is 2.63. The second kappa shape index (κ2) is 3.77. The van der Waals surface area contributed by atoms with Gasteiger partial charge in [-0.3, -0.25) is 0 Å². The van der Waals surface area contributed by atoms with Crippen molar-refractivity contribution in [2.24, 2.45) is 0 Å². The number of furan rings is 1. The van der Waals surface area contributed by atoms with E-state index in [4.69, 9.17) is 14.9 Å². The van der Waals surface area contributed by atoms with Crippen molar-refractivity contribution < 1.29 is 18.7 Å². The molecule has 16 heavy (non-hydrogen) atoms. The van der Waals surface area contributed by atoms with Gasteiger partial charge in [-0.25, -0.2) is 4.79 Å². The highest BCUT2D eigenvalue weighted by atomic mass is 16.5. The molecule has 5 heteroatoms. The molecule has 0 aliphatic heterocycles. The quantitative estimate of drug-likeness (QED) is 0.783. The van der Waals surface area contributed by atoms with E-state index in [0.29, 0.717) is 16.7 Å². The van der Waals surface area contributed by atoms with E-state index < -0.39 is 5.97 Å². The minimum absolute atomic E-state index is 0.0192. The lowest BCUT2D eigenvalue weighted by Gasteiger charge is -1.97. The second-order valence-corrected chi connectivity index (χ2v) is 3.20. The van der Waals surface area contributed by atoms with E-state index in [1.54, 1.807) is 25.3 Å². The van der Waals surface area contributed by atoms with Crippen LogP contribution < -0.4 is 10.5 Å². The van der Waals surface area contributed by atoms with Gasteiger partial charge in [0.1, 0.15) is 11.3 Å². The predicted octanol–water partition coefficient (Wildman–Crippen LogP) is 1.81. The van der Waals surface area contributed by atoms with Gasteiger partial charge in [0.05, 0.1) is 19.9 Å². The predicted molar refractivity (Wildman–Crippen MR) is 58.5 cm³/mol. The molecule has 2 aromatic rings. The smallest absolute Gasteiger partial charge is 0.376 e. The van der Waals surface area contributed by atoms with Crippen LogP contribution in [0.4, 0.5) is 5.69 Å². The first-order chi connectivity index (χ1) is 7.67. The van der Waals surface area contributed by atoms with E-state index >= 15 is 0 Å². The van der Waals surface area contributed by atoms with Gasteiger partial charge in [0.15, 0.2) is 0 Å². The molecule has 0 radical (unpaired) electrons. The molecule has 0 aliphatic carbocycles. The Kier molecular flexibility index (Phi) is 2.44. The van der Waals surface area contributed by atoms with E-state index in [1.165, 1.54) is 7.11 Å². The summed E-state index contributed by atoms with van der Waals surface area (Å²) < 4.78 is 14.9. The van der Waals surface area contributed by atoms with Gasteiger partial charge in [-0.2, -0.15) is 0 Å². The van der Waals surface area contributed by atoms with Crippen molar-refractivity contribution in [2.75, 3.05) is 20.0 Å². The molecular weight excluding hydrogens is 210 g/mol. The van der Waals surface area contributed by atoms with Crippen molar-refractivity contribution >= 4 is 22.6 Å². The number of esters is 1. The molecule has 2 rings (SSSR count). The van der Waals surface area contributed by atoms with Gasteiger partial charge in [0.2, 0.25) is 5.76 Å². The van der Waals surface area contributed by atoms with Crippen LogP contribution in [0.15, 0.2) is 22.6 Å². The van der Waals surface area contributed by atoms with E-state index in [-0.39, 0.29) is 11.4 Å². The minimum atomic E-state index is -0.590. The van der Waals surface area contributed by atoms with Crippen LogP contribution >= 0.6 is 0 Å². The maximum atomic E-state index is 11.3. The zero-order valence-electron chi connectivity index (χ0n) is 8.94. The number of carbonyl (C=O) groups is 1. The Morgan fingerprint density at radius 3 is 2.75 bits per heavy atom. The standard InChI is InChI=1S/C11H11NO4/c1-14-6-3-4-7-8(5-6)16-10(9(7)12)11(13)15-2/h3-5H,12H2,1-2H3. The van der Waals surface area contributed by atoms with Crippen LogP contribution in [0.3, 0.4) is 0 Å². The van der Waals surface area contributed by atoms with Gasteiger partial charge in [-0.1, -0.05) is 0 Å². The Labute approximate surface area is 91.7 Å². The van der Waals surface area contributed by atoms with E-state index in [0.717, 1.165) is 0 Å². The molecule has 1 aromatic heterocycles. The molecule has 0 atom stereocenters. The molecule has 0 spiro atoms. The number of nitrogens with two attached hydrogens (primary N) is 1. The maximum absolute atomic E-state index is 11.3. The van der Waals surface area contributed by atoms with Crippen molar-refractivity contribution in [1.29, 1.82) is 0 Å². The number of nitrogen functional groups attached to an aromatic ring is 1. The van der Waals surface area contributed by atoms with Crippen LogP contribution in [0, 0.1) is 0 Å². The van der Waals surface area contributed by atoms with E-state index in [2.05, 4.69) is 4.74 Å². The molecule has 0 saturated carbocycles. The van der Waals surface area contributed by atoms with Crippen LogP contribution in [0.25, 0.3) is 11.0 Å². The van der Waals surface area contributed by atoms with Crippen molar-refractivity contribution in [3.05, 3.63) is 24.0 Å². The van der Waals surface area contributed by atoms with Gasteiger partial charge >= 0.3 is 5.97 Å². The fraction of sp³-hybridized carbons (Fsp3) is 0.182. The Bertz CT molecular complexity index is 544. The lowest BCUT2D eigenvalue weighted by atomic mass is 10.2. The summed E-state index contributed by atoms with van der Waals surface area (Å²) in [5, 5.41) is 0.668. The number of fused-ring (bicyclic) bond motifs is 1. The van der Waals surface area contributed by atoms with Crippen LogP contribution in [0.1, 0.15) is 10.6 Å². The summed E-state index contributed by atoms with van der Waals surface area (Å²) in [6.07, 6.45) is 0. The minimum Gasteiger partial charge on any atom is -0.497 e. The van der Waals surface area contributed by atoms with Gasteiger partial charge in [-0.05, 0) is 12.1 Å². The lowest BCUT2D eigenvalue weighted by Crippen LogP contribution is -2.02. The number of hydrogen-bond donors (Lipinski definition) is 1. The van der Waals surface area contributed by atoms with Gasteiger partial charge in [0, 0.05) is 11.5 Å². The van der Waals surface area contributed by atoms with Gasteiger partial charge < -0.3 is 19.6 Å². The molecule has 0 amide bonds. The molecule has 0 aliphatic rings. The number of rotatable bonds is 2. The summed E-state index contributed by atoms with van der Waals surface area (Å²) >= 11 is 0. The second-order valence-electron chi connectivity index (χ2n) is 3.20. The summed E-state index contributed by atoms with van der Waals surface area (Å²) in [5.41, 5.74) is 6.55. The molecule has 1 heterocycles. The highest BCUT2D eigenvalue weighted by molar-refractivity contribution is 6.03. The number of benzene rings is 1. The van der Waals surface area contributed by atoms with Crippen molar-refractivity contribution in [3.8, 4) is 5.75 Å². The third kappa shape index (κ3) is 1.46. The molecule has 1 aromatic carbocycles. The molecule has 84 valence electrons. The van der Waals surface area contributed by atoms with Crippen LogP contribution in [0.2, 0.25) is 0 Å². The molecule has 0 saturated heterocycles. The average Bonchev–Trinajstić information content (AvgIpc) is 2.65. The highest BCUT2D eigenvalue weighted by Crippen LogP contribution is 2.31. The van der Waals surface area contributed by atoms with E-state index in [1.807, 2.05) is 0 Å². The Hall–Kier alpha value is -2.17. The number of anilines is 1. The summed E-state index contributed by atoms with van der Waals surface area (Å²) in [4.78, 5) is 11.3. The summed E-state index contributed by atoms with van der Waals surface area (Å²) in [7, 11) is 2.82.